The number of amides is 1. The molecular weight excluding hydrogens is 467 g/mol. The van der Waals surface area contributed by atoms with Gasteiger partial charge in [-0.3, -0.25) is 9.53 Å². The first kappa shape index (κ1) is 22.4. The molecule has 1 aromatic heterocycles. The Balaban J connectivity index is 1.12. The lowest BCUT2D eigenvalue weighted by Crippen LogP contribution is -2.77. The number of benzene rings is 1. The van der Waals surface area contributed by atoms with Crippen molar-refractivity contribution < 1.29 is 37.0 Å². The van der Waals surface area contributed by atoms with Crippen molar-refractivity contribution in [3.05, 3.63) is 41.1 Å². The third kappa shape index (κ3) is 4.29. The number of rotatable bonds is 8. The summed E-state index contributed by atoms with van der Waals surface area (Å²) in [6.07, 6.45) is -4.39. The maximum atomic E-state index is 12.6. The van der Waals surface area contributed by atoms with E-state index in [1.165, 1.54) is 0 Å². The maximum absolute atomic E-state index is 12.6. The highest BCUT2D eigenvalue weighted by atomic mass is 35.5. The van der Waals surface area contributed by atoms with Gasteiger partial charge in [0, 0.05) is 16.5 Å². The predicted octanol–water partition coefficient (Wildman–Crippen LogP) is 3.24. The normalized spacial score (nSPS) is 31.1. The van der Waals surface area contributed by atoms with Crippen molar-refractivity contribution in [2.75, 3.05) is 6.61 Å². The van der Waals surface area contributed by atoms with Crippen LogP contribution < -0.4 is 10.1 Å². The molecule has 4 aliphatic rings. The summed E-state index contributed by atoms with van der Waals surface area (Å²) in [5.74, 6) is 0.531. The molecule has 8 nitrogen and oxygen atoms in total. The molecule has 4 saturated carbocycles. The monoisotopic (exact) mass is 487 g/mol. The molecule has 2 aromatic rings. The van der Waals surface area contributed by atoms with Crippen LogP contribution in [0.3, 0.4) is 0 Å². The van der Waals surface area contributed by atoms with E-state index in [4.69, 9.17) is 20.8 Å². The number of carbonyl (C=O) groups is 1. The van der Waals surface area contributed by atoms with E-state index in [0.29, 0.717) is 41.8 Å². The molecule has 0 radical (unpaired) electrons. The highest BCUT2D eigenvalue weighted by molar-refractivity contribution is 6.30. The second kappa shape index (κ2) is 7.85. The molecule has 1 amide bonds. The van der Waals surface area contributed by atoms with Gasteiger partial charge in [-0.15, -0.1) is 23.4 Å². The molecule has 0 spiro atoms. The van der Waals surface area contributed by atoms with E-state index >= 15 is 0 Å². The van der Waals surface area contributed by atoms with E-state index in [9.17, 15) is 23.1 Å². The van der Waals surface area contributed by atoms with E-state index in [1.807, 2.05) is 0 Å². The molecule has 2 N–H and O–H groups in total. The molecular formula is C21H21ClF3N3O5. The number of ether oxygens (including phenoxy) is 2. The third-order valence-electron chi connectivity index (χ3n) is 6.61. The number of aliphatic hydroxyl groups is 1. The van der Waals surface area contributed by atoms with Crippen molar-refractivity contribution in [3.63, 3.8) is 0 Å². The van der Waals surface area contributed by atoms with Crippen molar-refractivity contribution >= 4 is 17.5 Å². The van der Waals surface area contributed by atoms with Gasteiger partial charge in [0.2, 0.25) is 11.8 Å². The largest absolute Gasteiger partial charge is 0.522 e. The third-order valence-corrected chi connectivity index (χ3v) is 6.86. The van der Waals surface area contributed by atoms with Crippen LogP contribution in [0.25, 0.3) is 0 Å². The summed E-state index contributed by atoms with van der Waals surface area (Å²) < 4.78 is 52.1. The summed E-state index contributed by atoms with van der Waals surface area (Å²) in [6, 6.07) is 6.47. The zero-order chi connectivity index (χ0) is 23.4. The number of hydrogen-bond donors (Lipinski definition) is 2. The first-order valence-corrected chi connectivity index (χ1v) is 10.9. The lowest BCUT2D eigenvalue weighted by Gasteiger charge is -2.68. The minimum atomic E-state index is -4.64. The Kier molecular flexibility index (Phi) is 5.33. The van der Waals surface area contributed by atoms with Crippen LogP contribution in [-0.4, -0.2) is 51.9 Å². The van der Waals surface area contributed by atoms with Crippen molar-refractivity contribution in [1.29, 1.82) is 0 Å². The Morgan fingerprint density at radius 1 is 1.24 bits per heavy atom. The quantitative estimate of drug-likeness (QED) is 0.588. The topological polar surface area (TPSA) is 107 Å². The SMILES string of the molecule is O=C(NC12CC(c3nnc([C@H]4C[C@@H](OC(F)(F)F)C4)o3)(C1)C2)[C@H](CO)Oc1ccc(Cl)cc1. The first-order chi connectivity index (χ1) is 15.6. The Bertz CT molecular complexity index is 1020. The lowest BCUT2D eigenvalue weighted by atomic mass is 9.39. The van der Waals surface area contributed by atoms with Crippen LogP contribution in [0.15, 0.2) is 28.7 Å². The van der Waals surface area contributed by atoms with Crippen molar-refractivity contribution in [2.24, 2.45) is 0 Å². The average Bonchev–Trinajstić information content (AvgIpc) is 3.13. The van der Waals surface area contributed by atoms with Gasteiger partial charge in [-0.1, -0.05) is 11.6 Å². The van der Waals surface area contributed by atoms with Gasteiger partial charge in [-0.05, 0) is 56.4 Å². The molecule has 178 valence electrons. The summed E-state index contributed by atoms with van der Waals surface area (Å²) in [4.78, 5) is 12.6. The summed E-state index contributed by atoms with van der Waals surface area (Å²) in [6.45, 7) is -0.483. The summed E-state index contributed by atoms with van der Waals surface area (Å²) in [5, 5.41) is 21.2. The molecule has 6 rings (SSSR count). The van der Waals surface area contributed by atoms with Crippen LogP contribution in [0.2, 0.25) is 5.02 Å². The highest BCUT2D eigenvalue weighted by Crippen LogP contribution is 2.67. The molecule has 33 heavy (non-hydrogen) atoms. The minimum absolute atomic E-state index is 0.185. The van der Waals surface area contributed by atoms with Crippen molar-refractivity contribution in [3.8, 4) is 5.75 Å². The van der Waals surface area contributed by atoms with Gasteiger partial charge in [0.25, 0.3) is 5.91 Å². The van der Waals surface area contributed by atoms with E-state index in [1.54, 1.807) is 24.3 Å². The van der Waals surface area contributed by atoms with Crippen LogP contribution in [0.5, 0.6) is 5.75 Å². The van der Waals surface area contributed by atoms with Gasteiger partial charge in [0.15, 0.2) is 6.10 Å². The van der Waals surface area contributed by atoms with Gasteiger partial charge < -0.3 is 19.6 Å². The van der Waals surface area contributed by atoms with Crippen LogP contribution in [0, 0.1) is 0 Å². The van der Waals surface area contributed by atoms with E-state index in [-0.39, 0.29) is 24.2 Å². The fraction of sp³-hybridized carbons (Fsp3) is 0.571. The Morgan fingerprint density at radius 3 is 2.52 bits per heavy atom. The number of aromatic nitrogens is 2. The van der Waals surface area contributed by atoms with Gasteiger partial charge in [0.1, 0.15) is 5.75 Å². The second-order valence-electron chi connectivity index (χ2n) is 9.12. The number of alkyl halides is 3. The molecule has 0 unspecified atom stereocenters. The van der Waals surface area contributed by atoms with E-state index in [2.05, 4.69) is 20.3 Å². The summed E-state index contributed by atoms with van der Waals surface area (Å²) in [7, 11) is 0. The average molecular weight is 488 g/mol. The Labute approximate surface area is 191 Å². The molecule has 12 heteroatoms. The number of hydrogen-bond acceptors (Lipinski definition) is 7. The zero-order valence-corrected chi connectivity index (χ0v) is 18.0. The number of halogens is 4. The fourth-order valence-electron chi connectivity index (χ4n) is 5.01. The predicted molar refractivity (Wildman–Crippen MR) is 107 cm³/mol. The van der Waals surface area contributed by atoms with Gasteiger partial charge in [0.05, 0.1) is 18.1 Å². The van der Waals surface area contributed by atoms with Gasteiger partial charge in [-0.25, -0.2) is 0 Å². The van der Waals surface area contributed by atoms with Crippen LogP contribution in [-0.2, 0) is 14.9 Å². The fourth-order valence-corrected chi connectivity index (χ4v) is 5.13. The molecule has 0 aliphatic heterocycles. The molecule has 1 heterocycles. The van der Waals surface area contributed by atoms with Crippen LogP contribution >= 0.6 is 11.6 Å². The molecule has 2 bridgehead atoms. The van der Waals surface area contributed by atoms with Crippen molar-refractivity contribution in [1.82, 2.24) is 15.5 Å². The highest BCUT2D eigenvalue weighted by Gasteiger charge is 2.72. The van der Waals surface area contributed by atoms with E-state index < -0.39 is 36.6 Å². The second-order valence-corrected chi connectivity index (χ2v) is 9.56. The molecule has 1 atom stereocenters. The first-order valence-electron chi connectivity index (χ1n) is 10.5. The summed E-state index contributed by atoms with van der Waals surface area (Å²) in [5.41, 5.74) is -0.736. The molecule has 1 aromatic carbocycles. The van der Waals surface area contributed by atoms with Crippen LogP contribution in [0.4, 0.5) is 13.2 Å². The smallest absolute Gasteiger partial charge is 0.478 e. The van der Waals surface area contributed by atoms with Gasteiger partial charge in [-0.2, -0.15) is 0 Å². The van der Waals surface area contributed by atoms with Crippen molar-refractivity contribution in [2.45, 2.75) is 67.5 Å². The number of aliphatic hydroxyl groups excluding tert-OH is 1. The van der Waals surface area contributed by atoms with E-state index in [0.717, 1.165) is 0 Å². The Morgan fingerprint density at radius 2 is 1.91 bits per heavy atom. The van der Waals surface area contributed by atoms with Gasteiger partial charge >= 0.3 is 6.36 Å². The number of nitrogens with zero attached hydrogens (tertiary/aromatic N) is 2. The summed E-state index contributed by atoms with van der Waals surface area (Å²) >= 11 is 5.84. The van der Waals surface area contributed by atoms with Crippen LogP contribution in [0.1, 0.15) is 49.8 Å². The zero-order valence-electron chi connectivity index (χ0n) is 17.3. The Hall–Kier alpha value is -2.37. The molecule has 0 saturated heterocycles. The number of nitrogens with one attached hydrogen (secondary N) is 1. The number of carbonyl (C=O) groups excluding carboxylic acids is 1. The minimum Gasteiger partial charge on any atom is -0.478 e. The lowest BCUT2D eigenvalue weighted by molar-refractivity contribution is -0.352. The molecule has 4 fully saturated rings. The standard InChI is InChI=1S/C21H21ClF3N3O5/c22-12-1-3-13(4-2-12)31-15(7-29)16(30)26-20-8-19(9-20,10-20)18-28-27-17(32-18)11-5-14(6-11)33-21(23,24)25/h1-4,11,14-15,29H,5-10H2,(H,26,30)/t11-,14+,15-,19?,20?/m0/s1. The maximum Gasteiger partial charge on any atom is 0.522 e. The molecule has 4 aliphatic carbocycles.